The zero-order valence-electron chi connectivity index (χ0n) is 32.1. The van der Waals surface area contributed by atoms with Crippen LogP contribution in [0, 0.1) is 27.7 Å². The Kier molecular flexibility index (Phi) is 16.6. The van der Waals surface area contributed by atoms with E-state index in [0.29, 0.717) is 39.6 Å². The number of benzene rings is 4. The molecule has 11 heteroatoms. The van der Waals surface area contributed by atoms with Crippen molar-refractivity contribution in [1.82, 2.24) is 0 Å². The summed E-state index contributed by atoms with van der Waals surface area (Å²) in [5.74, 6) is -0.497. The molecular weight excluding hydrogens is 743 g/mol. The fourth-order valence-corrected chi connectivity index (χ4v) is 8.64. The smallest absolute Gasteiger partial charge is 0.303 e. The summed E-state index contributed by atoms with van der Waals surface area (Å²) < 4.78 is 57.7. The number of aryl methyl sites for hydroxylation is 4. The van der Waals surface area contributed by atoms with Crippen molar-refractivity contribution in [3.63, 3.8) is 0 Å². The van der Waals surface area contributed by atoms with Gasteiger partial charge in [-0.3, -0.25) is 4.79 Å². The van der Waals surface area contributed by atoms with Crippen molar-refractivity contribution >= 4 is 29.5 Å². The molecule has 0 spiro atoms. The van der Waals surface area contributed by atoms with E-state index in [9.17, 15) is 18.7 Å². The van der Waals surface area contributed by atoms with Gasteiger partial charge in [0, 0.05) is 6.92 Å². The highest BCUT2D eigenvalue weighted by molar-refractivity contribution is 8.01. The second kappa shape index (κ2) is 21.3. The first-order valence-electron chi connectivity index (χ1n) is 18.5. The van der Waals surface area contributed by atoms with Crippen LogP contribution < -0.4 is 0 Å². The van der Waals surface area contributed by atoms with Crippen molar-refractivity contribution in [3.05, 3.63) is 142 Å². The van der Waals surface area contributed by atoms with Gasteiger partial charge in [-0.15, -0.1) is 23.5 Å². The standard InChI is InChI=1S/C23H27FO4S.C21H25FO3S/c1-15-4-8-18(9-5-15)12-26-14-20-22(21(24)23(29-20)28-17(3)25)27-13-19-10-6-16(2)7-11-19;1-14-3-7-16(8-4-14)11-24-13-18-20(19(22)21(23)26-18)25-12-17-9-5-15(2)6-10-17/h4-11,20-23H,12-14H2,1-3H3;3-10,18-21,23H,11-13H2,1-2H3/t20-,21+,22-,23?;18-,19+,20-,21?/m11/s1. The summed E-state index contributed by atoms with van der Waals surface area (Å²) in [6.45, 7) is 11.6. The number of rotatable bonds is 15. The van der Waals surface area contributed by atoms with E-state index in [4.69, 9.17) is 23.7 Å². The summed E-state index contributed by atoms with van der Waals surface area (Å²) >= 11 is 2.45. The third kappa shape index (κ3) is 13.4. The quantitative estimate of drug-likeness (QED) is 0.119. The zero-order valence-corrected chi connectivity index (χ0v) is 33.7. The topological polar surface area (TPSA) is 83.5 Å². The van der Waals surface area contributed by atoms with Crippen LogP contribution in [-0.4, -0.2) is 70.2 Å². The molecule has 296 valence electrons. The number of thioether (sulfide) groups is 2. The number of hydrogen-bond acceptors (Lipinski definition) is 9. The monoisotopic (exact) mass is 794 g/mol. The van der Waals surface area contributed by atoms with E-state index in [1.54, 1.807) is 0 Å². The molecule has 1 N–H and O–H groups in total. The first kappa shape index (κ1) is 42.8. The largest absolute Gasteiger partial charge is 0.448 e. The van der Waals surface area contributed by atoms with Gasteiger partial charge in [-0.2, -0.15) is 0 Å². The third-order valence-electron chi connectivity index (χ3n) is 9.27. The van der Waals surface area contributed by atoms with Crippen LogP contribution in [0.2, 0.25) is 0 Å². The molecule has 8 atom stereocenters. The van der Waals surface area contributed by atoms with Crippen LogP contribution in [0.5, 0.6) is 0 Å². The summed E-state index contributed by atoms with van der Waals surface area (Å²) in [5, 5.41) is 9.39. The summed E-state index contributed by atoms with van der Waals surface area (Å²) in [4.78, 5) is 11.3. The van der Waals surface area contributed by atoms with Crippen molar-refractivity contribution in [3.8, 4) is 0 Å². The molecule has 0 aliphatic carbocycles. The maximum atomic E-state index is 14.9. The van der Waals surface area contributed by atoms with E-state index in [-0.39, 0.29) is 10.5 Å². The molecule has 0 amide bonds. The first-order chi connectivity index (χ1) is 26.4. The minimum atomic E-state index is -1.40. The second-order valence-electron chi connectivity index (χ2n) is 14.1. The van der Waals surface area contributed by atoms with Crippen LogP contribution >= 0.6 is 23.5 Å². The number of alkyl halides is 2. The van der Waals surface area contributed by atoms with Gasteiger partial charge in [0.1, 0.15) is 17.6 Å². The summed E-state index contributed by atoms with van der Waals surface area (Å²) in [5.41, 5.74) is 6.89. The van der Waals surface area contributed by atoms with Crippen LogP contribution in [0.1, 0.15) is 51.4 Å². The van der Waals surface area contributed by atoms with Crippen molar-refractivity contribution < 1.29 is 42.4 Å². The lowest BCUT2D eigenvalue weighted by Gasteiger charge is -2.21. The van der Waals surface area contributed by atoms with Crippen LogP contribution in [0.25, 0.3) is 0 Å². The predicted molar refractivity (Wildman–Crippen MR) is 215 cm³/mol. The number of ether oxygens (including phenoxy) is 5. The Balaban J connectivity index is 0.000000212. The Hall–Kier alpha value is -3.29. The zero-order chi connectivity index (χ0) is 39.3. The summed E-state index contributed by atoms with van der Waals surface area (Å²) in [6.07, 6.45) is -4.18. The fraction of sp³-hybridized carbons (Fsp3) is 0.432. The van der Waals surface area contributed by atoms with Crippen molar-refractivity contribution in [2.24, 2.45) is 0 Å². The van der Waals surface area contributed by atoms with Crippen LogP contribution in [-0.2, 0) is 54.9 Å². The fourth-order valence-electron chi connectivity index (χ4n) is 6.01. The van der Waals surface area contributed by atoms with Crippen molar-refractivity contribution in [2.45, 2.75) is 107 Å². The van der Waals surface area contributed by atoms with Gasteiger partial charge < -0.3 is 28.8 Å². The first-order valence-corrected chi connectivity index (χ1v) is 20.4. The SMILES string of the molecule is CC(=O)OC1S[C@H](COCc2ccc(C)cc2)[C@@H](OCc2ccc(C)cc2)[C@@H]1F.Cc1ccc(COC[C@H]2SC(O)[C@@H](F)[C@@H]2OCc2ccc(C)cc2)cc1. The molecule has 2 aliphatic heterocycles. The van der Waals surface area contributed by atoms with Crippen LogP contribution in [0.15, 0.2) is 97.1 Å². The average Bonchev–Trinajstić information content (AvgIpc) is 3.61. The maximum Gasteiger partial charge on any atom is 0.303 e. The van der Waals surface area contributed by atoms with E-state index < -0.39 is 41.4 Å². The molecule has 2 fully saturated rings. The Labute approximate surface area is 332 Å². The second-order valence-corrected chi connectivity index (χ2v) is 16.8. The van der Waals surface area contributed by atoms with Gasteiger partial charge in [-0.25, -0.2) is 8.78 Å². The Morgan fingerprint density at radius 1 is 0.564 bits per heavy atom. The number of aliphatic hydroxyl groups excluding tert-OH is 1. The minimum absolute atomic E-state index is 0.226. The third-order valence-corrected chi connectivity index (χ3v) is 11.9. The van der Waals surface area contributed by atoms with Gasteiger partial charge in [0.05, 0.1) is 50.1 Å². The molecule has 2 aliphatic rings. The van der Waals surface area contributed by atoms with E-state index in [1.807, 2.05) is 125 Å². The van der Waals surface area contributed by atoms with Crippen molar-refractivity contribution in [2.75, 3.05) is 13.2 Å². The van der Waals surface area contributed by atoms with Crippen molar-refractivity contribution in [1.29, 1.82) is 0 Å². The van der Waals surface area contributed by atoms with E-state index in [1.165, 1.54) is 47.1 Å². The minimum Gasteiger partial charge on any atom is -0.448 e. The number of halogens is 2. The molecule has 4 aromatic carbocycles. The normalized spacial score (nSPS) is 24.7. The molecular formula is C44H52F2O7S2. The highest BCUT2D eigenvalue weighted by Crippen LogP contribution is 2.40. The van der Waals surface area contributed by atoms with Gasteiger partial charge in [0.15, 0.2) is 17.8 Å². The highest BCUT2D eigenvalue weighted by Gasteiger charge is 2.48. The summed E-state index contributed by atoms with van der Waals surface area (Å²) in [7, 11) is 0. The average molecular weight is 795 g/mol. The molecule has 0 aromatic heterocycles. The molecule has 0 bridgehead atoms. The molecule has 2 unspecified atom stereocenters. The van der Waals surface area contributed by atoms with Crippen LogP contribution in [0.4, 0.5) is 8.78 Å². The number of aliphatic hydroxyl groups is 1. The highest BCUT2D eigenvalue weighted by atomic mass is 32.2. The molecule has 55 heavy (non-hydrogen) atoms. The molecule has 0 radical (unpaired) electrons. The van der Waals surface area contributed by atoms with E-state index in [2.05, 4.69) is 0 Å². The van der Waals surface area contributed by atoms with E-state index in [0.717, 1.165) is 27.8 Å². The molecule has 6 rings (SSSR count). The summed E-state index contributed by atoms with van der Waals surface area (Å²) in [6, 6.07) is 32.1. The number of carbonyl (C=O) groups is 1. The van der Waals surface area contributed by atoms with Gasteiger partial charge in [-0.05, 0) is 49.9 Å². The molecule has 4 aromatic rings. The molecule has 7 nitrogen and oxygen atoms in total. The molecule has 2 heterocycles. The van der Waals surface area contributed by atoms with Gasteiger partial charge in [0.25, 0.3) is 0 Å². The molecule has 2 saturated heterocycles. The number of esters is 1. The lowest BCUT2D eigenvalue weighted by atomic mass is 10.1. The van der Waals surface area contributed by atoms with Gasteiger partial charge >= 0.3 is 5.97 Å². The van der Waals surface area contributed by atoms with E-state index >= 15 is 0 Å². The van der Waals surface area contributed by atoms with Gasteiger partial charge in [-0.1, -0.05) is 119 Å². The van der Waals surface area contributed by atoms with Crippen LogP contribution in [0.3, 0.4) is 0 Å². The Morgan fingerprint density at radius 3 is 1.29 bits per heavy atom. The number of hydrogen-bond donors (Lipinski definition) is 1. The lowest BCUT2D eigenvalue weighted by Crippen LogP contribution is -2.35. The Bertz CT molecular complexity index is 1740. The maximum absolute atomic E-state index is 14.9. The lowest BCUT2D eigenvalue weighted by molar-refractivity contribution is -0.146. The predicted octanol–water partition coefficient (Wildman–Crippen LogP) is 8.93. The van der Waals surface area contributed by atoms with Gasteiger partial charge in [0.2, 0.25) is 0 Å². The Morgan fingerprint density at radius 2 is 0.909 bits per heavy atom. The number of carbonyl (C=O) groups excluding carboxylic acids is 1. The molecule has 0 saturated carbocycles.